The minimum Gasteiger partial charge on any atom is -0.339 e. The Hall–Kier alpha value is -1.87. The lowest BCUT2D eigenvalue weighted by Crippen LogP contribution is -2.18. The van der Waals surface area contributed by atoms with E-state index in [1.165, 1.54) is 5.56 Å². The van der Waals surface area contributed by atoms with Crippen molar-refractivity contribution in [3.8, 4) is 0 Å². The quantitative estimate of drug-likeness (QED) is 0.866. The number of rotatable bonds is 5. The summed E-state index contributed by atoms with van der Waals surface area (Å²) in [5.74, 6) is -0.183. The predicted molar refractivity (Wildman–Crippen MR) is 87.7 cm³/mol. The normalized spacial score (nSPS) is 12.2. The van der Waals surface area contributed by atoms with Crippen molar-refractivity contribution in [2.24, 2.45) is 0 Å². The fraction of sp³-hybridized carbons (Fsp3) is 0.333. The zero-order chi connectivity index (χ0) is 15.4. The number of halogens is 1. The molecule has 2 rings (SSSR count). The molecular formula is C18H23FN2. The average Bonchev–Trinajstić information content (AvgIpc) is 2.50. The van der Waals surface area contributed by atoms with E-state index in [-0.39, 0.29) is 11.9 Å². The molecular weight excluding hydrogens is 263 g/mol. The Kier molecular flexibility index (Phi) is 4.97. The van der Waals surface area contributed by atoms with E-state index in [0.29, 0.717) is 5.69 Å². The van der Waals surface area contributed by atoms with Crippen LogP contribution in [0.5, 0.6) is 0 Å². The summed E-state index contributed by atoms with van der Waals surface area (Å²) in [7, 11) is 1.88. The number of anilines is 2. The highest BCUT2D eigenvalue weighted by Crippen LogP contribution is 2.29. The minimum absolute atomic E-state index is 0.142. The van der Waals surface area contributed by atoms with Crippen LogP contribution in [-0.2, 0) is 0 Å². The first-order valence-electron chi connectivity index (χ1n) is 7.37. The number of benzene rings is 2. The van der Waals surface area contributed by atoms with Crippen molar-refractivity contribution in [2.75, 3.05) is 18.5 Å². The van der Waals surface area contributed by atoms with Gasteiger partial charge in [0.15, 0.2) is 0 Å². The topological polar surface area (TPSA) is 15.3 Å². The fourth-order valence-corrected chi connectivity index (χ4v) is 2.39. The van der Waals surface area contributed by atoms with Crippen LogP contribution >= 0.6 is 0 Å². The predicted octanol–water partition coefficient (Wildman–Crippen LogP) is 4.57. The first-order valence-corrected chi connectivity index (χ1v) is 7.37. The van der Waals surface area contributed by atoms with Crippen LogP contribution in [0.15, 0.2) is 42.5 Å². The molecule has 0 aliphatic rings. The monoisotopic (exact) mass is 286 g/mol. The SMILES string of the molecule is CCN(c1ccc(C)cc1)c1ccc(C(C)NC)cc1F. The van der Waals surface area contributed by atoms with E-state index in [0.717, 1.165) is 17.8 Å². The summed E-state index contributed by atoms with van der Waals surface area (Å²) >= 11 is 0. The zero-order valence-corrected chi connectivity index (χ0v) is 13.2. The third-order valence-electron chi connectivity index (χ3n) is 3.86. The van der Waals surface area contributed by atoms with E-state index < -0.39 is 0 Å². The summed E-state index contributed by atoms with van der Waals surface area (Å²) in [5.41, 5.74) is 3.79. The molecule has 0 aliphatic heterocycles. The van der Waals surface area contributed by atoms with Gasteiger partial charge in [0.1, 0.15) is 5.82 Å². The summed E-state index contributed by atoms with van der Waals surface area (Å²) in [5, 5.41) is 3.13. The van der Waals surface area contributed by atoms with Crippen LogP contribution in [0.1, 0.15) is 31.0 Å². The fourth-order valence-electron chi connectivity index (χ4n) is 2.39. The van der Waals surface area contributed by atoms with Crippen LogP contribution in [0, 0.1) is 12.7 Å². The van der Waals surface area contributed by atoms with Crippen LogP contribution < -0.4 is 10.2 Å². The van der Waals surface area contributed by atoms with Gasteiger partial charge in [-0.15, -0.1) is 0 Å². The molecule has 0 amide bonds. The molecule has 2 nitrogen and oxygen atoms in total. The van der Waals surface area contributed by atoms with Crippen molar-refractivity contribution in [1.82, 2.24) is 5.32 Å². The summed E-state index contributed by atoms with van der Waals surface area (Å²) in [4.78, 5) is 1.99. The van der Waals surface area contributed by atoms with E-state index in [4.69, 9.17) is 0 Å². The van der Waals surface area contributed by atoms with Gasteiger partial charge in [-0.05, 0) is 57.6 Å². The highest BCUT2D eigenvalue weighted by Gasteiger charge is 2.14. The van der Waals surface area contributed by atoms with E-state index in [9.17, 15) is 4.39 Å². The third-order valence-corrected chi connectivity index (χ3v) is 3.86. The van der Waals surface area contributed by atoms with Gasteiger partial charge in [0.05, 0.1) is 5.69 Å². The highest BCUT2D eigenvalue weighted by atomic mass is 19.1. The van der Waals surface area contributed by atoms with Gasteiger partial charge in [0.2, 0.25) is 0 Å². The van der Waals surface area contributed by atoms with Gasteiger partial charge in [0, 0.05) is 18.3 Å². The molecule has 112 valence electrons. The van der Waals surface area contributed by atoms with E-state index in [1.54, 1.807) is 6.07 Å². The van der Waals surface area contributed by atoms with E-state index in [1.807, 2.05) is 62.2 Å². The maximum Gasteiger partial charge on any atom is 0.147 e. The molecule has 0 aromatic heterocycles. The molecule has 0 bridgehead atoms. The first-order chi connectivity index (χ1) is 10.1. The molecule has 0 radical (unpaired) electrons. The molecule has 1 atom stereocenters. The number of nitrogens with zero attached hydrogens (tertiary/aromatic N) is 1. The first kappa shape index (κ1) is 15.5. The Morgan fingerprint density at radius 2 is 1.81 bits per heavy atom. The van der Waals surface area contributed by atoms with Crippen LogP contribution in [0.4, 0.5) is 15.8 Å². The molecule has 1 unspecified atom stereocenters. The molecule has 1 N–H and O–H groups in total. The molecule has 0 saturated heterocycles. The molecule has 0 aliphatic carbocycles. The summed E-state index contributed by atoms with van der Waals surface area (Å²) in [6.07, 6.45) is 0. The number of aryl methyl sites for hydroxylation is 1. The Labute approximate surface area is 126 Å². The lowest BCUT2D eigenvalue weighted by atomic mass is 10.1. The number of nitrogens with one attached hydrogen (secondary N) is 1. The highest BCUT2D eigenvalue weighted by molar-refractivity contribution is 5.64. The largest absolute Gasteiger partial charge is 0.339 e. The van der Waals surface area contributed by atoms with Gasteiger partial charge in [-0.2, -0.15) is 0 Å². The average molecular weight is 286 g/mol. The molecule has 0 spiro atoms. The van der Waals surface area contributed by atoms with Gasteiger partial charge in [0.25, 0.3) is 0 Å². The Bertz CT molecular complexity index is 593. The zero-order valence-electron chi connectivity index (χ0n) is 13.2. The van der Waals surface area contributed by atoms with Crippen molar-refractivity contribution in [3.63, 3.8) is 0 Å². The van der Waals surface area contributed by atoms with Gasteiger partial charge >= 0.3 is 0 Å². The lowest BCUT2D eigenvalue weighted by molar-refractivity contribution is 0.607. The van der Waals surface area contributed by atoms with Gasteiger partial charge < -0.3 is 10.2 Å². The minimum atomic E-state index is -0.183. The van der Waals surface area contributed by atoms with Crippen molar-refractivity contribution in [3.05, 3.63) is 59.4 Å². The molecule has 2 aromatic rings. The molecule has 2 aromatic carbocycles. The second kappa shape index (κ2) is 6.72. The van der Waals surface area contributed by atoms with Crippen molar-refractivity contribution < 1.29 is 4.39 Å². The molecule has 3 heteroatoms. The standard InChI is InChI=1S/C18H23FN2/c1-5-21(16-9-6-13(2)7-10-16)18-11-8-15(12-17(18)19)14(3)20-4/h6-12,14,20H,5H2,1-4H3. The molecule has 0 fully saturated rings. The Morgan fingerprint density at radius 1 is 1.14 bits per heavy atom. The van der Waals surface area contributed by atoms with Gasteiger partial charge in [-0.25, -0.2) is 4.39 Å². The summed E-state index contributed by atoms with van der Waals surface area (Å²) in [6.45, 7) is 6.82. The Balaban J connectivity index is 2.36. The maximum atomic E-state index is 14.5. The molecule has 0 heterocycles. The second-order valence-corrected chi connectivity index (χ2v) is 5.30. The maximum absolute atomic E-state index is 14.5. The molecule has 0 saturated carbocycles. The van der Waals surface area contributed by atoms with E-state index >= 15 is 0 Å². The smallest absolute Gasteiger partial charge is 0.147 e. The second-order valence-electron chi connectivity index (χ2n) is 5.30. The van der Waals surface area contributed by atoms with E-state index in [2.05, 4.69) is 12.2 Å². The number of hydrogen-bond donors (Lipinski definition) is 1. The van der Waals surface area contributed by atoms with Crippen molar-refractivity contribution in [2.45, 2.75) is 26.8 Å². The van der Waals surface area contributed by atoms with Crippen LogP contribution in [0.2, 0.25) is 0 Å². The third kappa shape index (κ3) is 3.42. The van der Waals surface area contributed by atoms with Crippen molar-refractivity contribution >= 4 is 11.4 Å². The summed E-state index contributed by atoms with van der Waals surface area (Å²) in [6, 6.07) is 13.8. The van der Waals surface area contributed by atoms with Crippen LogP contribution in [0.25, 0.3) is 0 Å². The summed E-state index contributed by atoms with van der Waals surface area (Å²) < 4.78 is 14.5. The van der Waals surface area contributed by atoms with Crippen molar-refractivity contribution in [1.29, 1.82) is 0 Å². The lowest BCUT2D eigenvalue weighted by Gasteiger charge is -2.25. The van der Waals surface area contributed by atoms with Crippen LogP contribution in [-0.4, -0.2) is 13.6 Å². The van der Waals surface area contributed by atoms with Gasteiger partial charge in [-0.1, -0.05) is 23.8 Å². The molecule has 21 heavy (non-hydrogen) atoms. The number of hydrogen-bond acceptors (Lipinski definition) is 2. The van der Waals surface area contributed by atoms with Crippen LogP contribution in [0.3, 0.4) is 0 Å². The Morgan fingerprint density at radius 3 is 2.33 bits per heavy atom. The van der Waals surface area contributed by atoms with Gasteiger partial charge in [-0.3, -0.25) is 0 Å².